The molecule has 1 aromatic heterocycles. The zero-order chi connectivity index (χ0) is 21.8. The number of thiophene rings is 1. The zero-order valence-electron chi connectivity index (χ0n) is 17.5. The lowest BCUT2D eigenvalue weighted by molar-refractivity contribution is -0.130. The molecule has 31 heavy (non-hydrogen) atoms. The highest BCUT2D eigenvalue weighted by molar-refractivity contribution is 7.13. The van der Waals surface area contributed by atoms with Crippen molar-refractivity contribution in [3.63, 3.8) is 0 Å². The van der Waals surface area contributed by atoms with Gasteiger partial charge in [0, 0.05) is 23.5 Å². The summed E-state index contributed by atoms with van der Waals surface area (Å²) in [4.78, 5) is 28.8. The van der Waals surface area contributed by atoms with Crippen molar-refractivity contribution in [2.75, 3.05) is 20.2 Å². The standard InChI is InChI=1S/C25H26N2O3S/c1-30-21-9-3-8-20(15-21)23(28)27-12-5-11-25(17-27,24(26)29)16-18-6-2-7-19(14-18)22-10-4-13-31-22/h2-4,6-10,13-15H,5,11-12,16-17H2,1H3,(H2,26,29)/t25-/m1/s1. The van der Waals surface area contributed by atoms with E-state index in [-0.39, 0.29) is 11.8 Å². The van der Waals surface area contributed by atoms with E-state index in [0.29, 0.717) is 37.2 Å². The monoisotopic (exact) mass is 434 g/mol. The van der Waals surface area contributed by atoms with Gasteiger partial charge in [0.1, 0.15) is 5.75 Å². The summed E-state index contributed by atoms with van der Waals surface area (Å²) in [5, 5.41) is 2.05. The highest BCUT2D eigenvalue weighted by atomic mass is 32.1. The molecule has 0 bridgehead atoms. The third kappa shape index (κ3) is 4.49. The number of rotatable bonds is 6. The van der Waals surface area contributed by atoms with Crippen LogP contribution in [0.4, 0.5) is 0 Å². The molecule has 1 atom stereocenters. The fourth-order valence-corrected chi connectivity index (χ4v) is 5.07. The van der Waals surface area contributed by atoms with E-state index >= 15 is 0 Å². The van der Waals surface area contributed by atoms with Gasteiger partial charge in [0.05, 0.1) is 12.5 Å². The molecule has 160 valence electrons. The number of piperidine rings is 1. The molecule has 6 heteroatoms. The van der Waals surface area contributed by atoms with Crippen molar-refractivity contribution in [2.24, 2.45) is 11.1 Å². The average molecular weight is 435 g/mol. The normalized spacial score (nSPS) is 18.5. The maximum absolute atomic E-state index is 13.2. The molecule has 0 unspecified atom stereocenters. The first-order chi connectivity index (χ1) is 15.0. The van der Waals surface area contributed by atoms with E-state index in [4.69, 9.17) is 10.5 Å². The molecule has 1 aliphatic rings. The Balaban J connectivity index is 1.58. The largest absolute Gasteiger partial charge is 0.497 e. The van der Waals surface area contributed by atoms with Gasteiger partial charge in [-0.05, 0) is 60.0 Å². The third-order valence-electron chi connectivity index (χ3n) is 5.98. The first kappa shape index (κ1) is 21.1. The topological polar surface area (TPSA) is 72.6 Å². The predicted octanol–water partition coefficient (Wildman–Crippen LogP) is 4.37. The number of benzene rings is 2. The summed E-state index contributed by atoms with van der Waals surface area (Å²) in [7, 11) is 1.58. The minimum Gasteiger partial charge on any atom is -0.497 e. The number of ether oxygens (including phenoxy) is 1. The minimum atomic E-state index is -0.777. The first-order valence-electron chi connectivity index (χ1n) is 10.4. The van der Waals surface area contributed by atoms with Gasteiger partial charge in [-0.1, -0.05) is 36.4 Å². The smallest absolute Gasteiger partial charge is 0.254 e. The Morgan fingerprint density at radius 2 is 1.97 bits per heavy atom. The van der Waals surface area contributed by atoms with E-state index in [1.807, 2.05) is 18.2 Å². The lowest BCUT2D eigenvalue weighted by Crippen LogP contribution is -2.53. The number of hydrogen-bond donors (Lipinski definition) is 1. The fraction of sp³-hybridized carbons (Fsp3) is 0.280. The summed E-state index contributed by atoms with van der Waals surface area (Å²) in [5.41, 5.74) is 7.90. The Labute approximate surface area is 186 Å². The molecule has 1 saturated heterocycles. The maximum Gasteiger partial charge on any atom is 0.254 e. The Hall–Kier alpha value is -3.12. The van der Waals surface area contributed by atoms with Crippen LogP contribution >= 0.6 is 11.3 Å². The van der Waals surface area contributed by atoms with Gasteiger partial charge in [-0.3, -0.25) is 9.59 Å². The molecular formula is C25H26N2O3S. The van der Waals surface area contributed by atoms with Crippen molar-refractivity contribution in [1.82, 2.24) is 4.90 Å². The molecule has 2 heterocycles. The highest BCUT2D eigenvalue weighted by Crippen LogP contribution is 2.36. The molecule has 3 aromatic rings. The van der Waals surface area contributed by atoms with Crippen LogP contribution in [0.5, 0.6) is 5.75 Å². The van der Waals surface area contributed by atoms with Crippen LogP contribution in [0.2, 0.25) is 0 Å². The maximum atomic E-state index is 13.2. The lowest BCUT2D eigenvalue weighted by atomic mass is 9.74. The number of primary amides is 1. The van der Waals surface area contributed by atoms with E-state index in [2.05, 4.69) is 23.6 Å². The molecule has 5 nitrogen and oxygen atoms in total. The molecular weight excluding hydrogens is 408 g/mol. The van der Waals surface area contributed by atoms with Crippen LogP contribution in [0.25, 0.3) is 10.4 Å². The fourth-order valence-electron chi connectivity index (χ4n) is 4.34. The van der Waals surface area contributed by atoms with Crippen molar-refractivity contribution in [1.29, 1.82) is 0 Å². The molecule has 2 aromatic carbocycles. The summed E-state index contributed by atoms with van der Waals surface area (Å²) < 4.78 is 5.25. The number of amides is 2. The van der Waals surface area contributed by atoms with Gasteiger partial charge < -0.3 is 15.4 Å². The second kappa shape index (κ2) is 8.94. The van der Waals surface area contributed by atoms with Crippen LogP contribution in [0.1, 0.15) is 28.8 Å². The van der Waals surface area contributed by atoms with Gasteiger partial charge in [-0.25, -0.2) is 0 Å². The second-order valence-corrected chi connectivity index (χ2v) is 9.01. The number of nitrogens with two attached hydrogens (primary N) is 1. The van der Waals surface area contributed by atoms with Gasteiger partial charge >= 0.3 is 0 Å². The van der Waals surface area contributed by atoms with Crippen LogP contribution < -0.4 is 10.5 Å². The first-order valence-corrected chi connectivity index (χ1v) is 11.2. The number of methoxy groups -OCH3 is 1. The Bertz CT molecular complexity index is 1080. The van der Waals surface area contributed by atoms with E-state index in [1.54, 1.807) is 47.6 Å². The summed E-state index contributed by atoms with van der Waals surface area (Å²) >= 11 is 1.69. The van der Waals surface area contributed by atoms with Gasteiger partial charge in [-0.15, -0.1) is 11.3 Å². The SMILES string of the molecule is COc1cccc(C(=O)N2CCC[C@](Cc3cccc(-c4cccs4)c3)(C(N)=O)C2)c1. The molecule has 1 aliphatic heterocycles. The summed E-state index contributed by atoms with van der Waals surface area (Å²) in [5.74, 6) is 0.183. The zero-order valence-corrected chi connectivity index (χ0v) is 18.4. The Morgan fingerprint density at radius 3 is 2.71 bits per heavy atom. The minimum absolute atomic E-state index is 0.100. The van der Waals surface area contributed by atoms with E-state index in [9.17, 15) is 9.59 Å². The number of carbonyl (C=O) groups excluding carboxylic acids is 2. The van der Waals surface area contributed by atoms with Gasteiger partial charge in [0.2, 0.25) is 5.91 Å². The van der Waals surface area contributed by atoms with E-state index in [0.717, 1.165) is 17.5 Å². The molecule has 0 spiro atoms. The average Bonchev–Trinajstić information content (AvgIpc) is 3.34. The van der Waals surface area contributed by atoms with Crippen molar-refractivity contribution in [3.8, 4) is 16.2 Å². The molecule has 4 rings (SSSR count). The Kier molecular flexibility index (Phi) is 6.09. The molecule has 0 saturated carbocycles. The highest BCUT2D eigenvalue weighted by Gasteiger charge is 2.42. The van der Waals surface area contributed by atoms with Crippen LogP contribution in [0, 0.1) is 5.41 Å². The number of hydrogen-bond acceptors (Lipinski definition) is 4. The molecule has 2 N–H and O–H groups in total. The summed E-state index contributed by atoms with van der Waals surface area (Å²) in [6.45, 7) is 0.932. The van der Waals surface area contributed by atoms with Crippen LogP contribution in [0.3, 0.4) is 0 Å². The predicted molar refractivity (Wildman–Crippen MR) is 123 cm³/mol. The quantitative estimate of drug-likeness (QED) is 0.626. The van der Waals surface area contributed by atoms with Crippen molar-refractivity contribution in [3.05, 3.63) is 77.2 Å². The molecule has 2 amide bonds. The van der Waals surface area contributed by atoms with Gasteiger partial charge in [0.15, 0.2) is 0 Å². The second-order valence-electron chi connectivity index (χ2n) is 8.06. The number of likely N-dealkylation sites (tertiary alicyclic amines) is 1. The van der Waals surface area contributed by atoms with Crippen LogP contribution in [-0.4, -0.2) is 36.9 Å². The number of nitrogens with zero attached hydrogens (tertiary/aromatic N) is 1. The molecule has 0 aliphatic carbocycles. The van der Waals surface area contributed by atoms with Crippen molar-refractivity contribution < 1.29 is 14.3 Å². The summed E-state index contributed by atoms with van der Waals surface area (Å²) in [6, 6.07) is 19.5. The molecule has 0 radical (unpaired) electrons. The van der Waals surface area contributed by atoms with E-state index < -0.39 is 5.41 Å². The van der Waals surface area contributed by atoms with Crippen molar-refractivity contribution >= 4 is 23.2 Å². The van der Waals surface area contributed by atoms with Crippen molar-refractivity contribution in [2.45, 2.75) is 19.3 Å². The third-order valence-corrected chi connectivity index (χ3v) is 6.90. The Morgan fingerprint density at radius 1 is 1.13 bits per heavy atom. The number of carbonyl (C=O) groups is 2. The summed E-state index contributed by atoms with van der Waals surface area (Å²) in [6.07, 6.45) is 1.93. The molecule has 1 fully saturated rings. The van der Waals surface area contributed by atoms with Crippen LogP contribution in [-0.2, 0) is 11.2 Å². The van der Waals surface area contributed by atoms with E-state index in [1.165, 1.54) is 4.88 Å². The lowest BCUT2D eigenvalue weighted by Gasteiger charge is -2.41. The van der Waals surface area contributed by atoms with Crippen LogP contribution in [0.15, 0.2) is 66.0 Å². The van der Waals surface area contributed by atoms with Gasteiger partial charge in [0.25, 0.3) is 5.91 Å². The van der Waals surface area contributed by atoms with Gasteiger partial charge in [-0.2, -0.15) is 0 Å².